The highest BCUT2D eigenvalue weighted by atomic mass is 16.6. The van der Waals surface area contributed by atoms with E-state index in [2.05, 4.69) is 22.1 Å². The summed E-state index contributed by atoms with van der Waals surface area (Å²) in [6.45, 7) is 6.51. The van der Waals surface area contributed by atoms with Gasteiger partial charge in [0.25, 0.3) is 0 Å². The van der Waals surface area contributed by atoms with Gasteiger partial charge in [0.05, 0.1) is 4.92 Å². The van der Waals surface area contributed by atoms with Crippen LogP contribution in [0.4, 0.5) is 17.3 Å². The Bertz CT molecular complexity index is 457. The lowest BCUT2D eigenvalue weighted by Crippen LogP contribution is -2.46. The fourth-order valence-corrected chi connectivity index (χ4v) is 2.23. The SMILES string of the molecule is CCN1CCN(c2nc(NC)ccc2[N+](=O)[O-])CC1. The van der Waals surface area contributed by atoms with E-state index >= 15 is 0 Å². The van der Waals surface area contributed by atoms with Crippen LogP contribution in [-0.4, -0.2) is 54.6 Å². The van der Waals surface area contributed by atoms with E-state index in [1.807, 2.05) is 4.90 Å². The van der Waals surface area contributed by atoms with Crippen LogP contribution in [0.25, 0.3) is 0 Å². The van der Waals surface area contributed by atoms with Gasteiger partial charge < -0.3 is 15.1 Å². The molecule has 1 aromatic heterocycles. The molecule has 0 bridgehead atoms. The lowest BCUT2D eigenvalue weighted by atomic mass is 10.3. The molecular weight excluding hydrogens is 246 g/mol. The third-order valence-electron chi connectivity index (χ3n) is 3.43. The average Bonchev–Trinajstić information content (AvgIpc) is 2.46. The van der Waals surface area contributed by atoms with Gasteiger partial charge in [-0.1, -0.05) is 6.92 Å². The van der Waals surface area contributed by atoms with Gasteiger partial charge in [0.15, 0.2) is 0 Å². The summed E-state index contributed by atoms with van der Waals surface area (Å²) in [5, 5.41) is 14.0. The summed E-state index contributed by atoms with van der Waals surface area (Å²) in [7, 11) is 1.76. The van der Waals surface area contributed by atoms with E-state index in [-0.39, 0.29) is 10.6 Å². The minimum atomic E-state index is -0.367. The first-order valence-corrected chi connectivity index (χ1v) is 6.46. The standard InChI is InChI=1S/C12H19N5O2/c1-3-15-6-8-16(9-7-15)12-10(17(18)19)4-5-11(13-2)14-12/h4-5H,3,6-9H2,1-2H3,(H,13,14). The van der Waals surface area contributed by atoms with E-state index in [1.54, 1.807) is 13.1 Å². The van der Waals surface area contributed by atoms with Crippen LogP contribution in [0.15, 0.2) is 12.1 Å². The molecule has 2 rings (SSSR count). The predicted molar refractivity (Wildman–Crippen MR) is 74.8 cm³/mol. The molecule has 7 heteroatoms. The maximum atomic E-state index is 11.1. The maximum absolute atomic E-state index is 11.1. The van der Waals surface area contributed by atoms with Gasteiger partial charge in [0, 0.05) is 39.3 Å². The third-order valence-corrected chi connectivity index (χ3v) is 3.43. The highest BCUT2D eigenvalue weighted by Crippen LogP contribution is 2.28. The van der Waals surface area contributed by atoms with Gasteiger partial charge in [-0.25, -0.2) is 4.98 Å². The first-order chi connectivity index (χ1) is 9.15. The zero-order valence-corrected chi connectivity index (χ0v) is 11.3. The van der Waals surface area contributed by atoms with E-state index in [0.29, 0.717) is 11.6 Å². The van der Waals surface area contributed by atoms with Crippen molar-refractivity contribution < 1.29 is 4.92 Å². The molecule has 0 unspecified atom stereocenters. The van der Waals surface area contributed by atoms with Crippen LogP contribution in [0.1, 0.15) is 6.92 Å². The van der Waals surface area contributed by atoms with Crippen LogP contribution < -0.4 is 10.2 Å². The van der Waals surface area contributed by atoms with Crippen molar-refractivity contribution in [2.24, 2.45) is 0 Å². The lowest BCUT2D eigenvalue weighted by molar-refractivity contribution is -0.384. The molecule has 2 heterocycles. The van der Waals surface area contributed by atoms with E-state index < -0.39 is 0 Å². The van der Waals surface area contributed by atoms with E-state index in [9.17, 15) is 10.1 Å². The van der Waals surface area contributed by atoms with Crippen LogP contribution in [0.3, 0.4) is 0 Å². The molecule has 0 aromatic carbocycles. The van der Waals surface area contributed by atoms with E-state index in [1.165, 1.54) is 6.07 Å². The number of nitrogens with zero attached hydrogens (tertiary/aromatic N) is 4. The van der Waals surface area contributed by atoms with Crippen LogP contribution in [0, 0.1) is 10.1 Å². The highest BCUT2D eigenvalue weighted by Gasteiger charge is 2.24. The second-order valence-electron chi connectivity index (χ2n) is 4.47. The first kappa shape index (κ1) is 13.5. The summed E-state index contributed by atoms with van der Waals surface area (Å²) in [6.07, 6.45) is 0. The Morgan fingerprint density at radius 3 is 2.58 bits per heavy atom. The Labute approximate surface area is 112 Å². The summed E-state index contributed by atoms with van der Waals surface area (Å²) in [5.74, 6) is 1.12. The Hall–Kier alpha value is -1.89. The molecule has 1 saturated heterocycles. The number of hydrogen-bond donors (Lipinski definition) is 1. The quantitative estimate of drug-likeness (QED) is 0.650. The van der Waals surface area contributed by atoms with Gasteiger partial charge >= 0.3 is 5.69 Å². The fourth-order valence-electron chi connectivity index (χ4n) is 2.23. The van der Waals surface area contributed by atoms with Crippen molar-refractivity contribution in [1.82, 2.24) is 9.88 Å². The monoisotopic (exact) mass is 265 g/mol. The maximum Gasteiger partial charge on any atom is 0.311 e. The summed E-state index contributed by atoms with van der Waals surface area (Å²) in [6, 6.07) is 3.14. The molecule has 0 saturated carbocycles. The van der Waals surface area contributed by atoms with Crippen molar-refractivity contribution >= 4 is 17.3 Å². The Morgan fingerprint density at radius 1 is 1.37 bits per heavy atom. The molecule has 0 radical (unpaired) electrons. The second kappa shape index (κ2) is 5.83. The topological polar surface area (TPSA) is 74.5 Å². The Balaban J connectivity index is 2.24. The zero-order valence-electron chi connectivity index (χ0n) is 11.3. The van der Waals surface area contributed by atoms with E-state index in [4.69, 9.17) is 0 Å². The number of aromatic nitrogens is 1. The van der Waals surface area contributed by atoms with Crippen molar-refractivity contribution in [3.63, 3.8) is 0 Å². The van der Waals surface area contributed by atoms with Gasteiger partial charge in [-0.3, -0.25) is 10.1 Å². The third kappa shape index (κ3) is 2.93. The lowest BCUT2D eigenvalue weighted by Gasteiger charge is -2.34. The number of hydrogen-bond acceptors (Lipinski definition) is 6. The summed E-state index contributed by atoms with van der Waals surface area (Å²) in [4.78, 5) is 19.4. The van der Waals surface area contributed by atoms with Crippen LogP contribution in [-0.2, 0) is 0 Å². The number of rotatable bonds is 4. The number of nitrogens with one attached hydrogen (secondary N) is 1. The first-order valence-electron chi connectivity index (χ1n) is 6.46. The minimum Gasteiger partial charge on any atom is -0.373 e. The molecule has 7 nitrogen and oxygen atoms in total. The number of likely N-dealkylation sites (N-methyl/N-ethyl adjacent to an activating group) is 1. The molecule has 1 N–H and O–H groups in total. The molecule has 104 valence electrons. The molecular formula is C12H19N5O2. The molecule has 0 amide bonds. The van der Waals surface area contributed by atoms with Crippen molar-refractivity contribution in [2.75, 3.05) is 50.0 Å². The number of pyridine rings is 1. The zero-order chi connectivity index (χ0) is 13.8. The van der Waals surface area contributed by atoms with Crippen LogP contribution in [0.5, 0.6) is 0 Å². The average molecular weight is 265 g/mol. The van der Waals surface area contributed by atoms with Crippen molar-refractivity contribution in [3.8, 4) is 0 Å². The van der Waals surface area contributed by atoms with Gasteiger partial charge in [-0.05, 0) is 12.6 Å². The second-order valence-corrected chi connectivity index (χ2v) is 4.47. The molecule has 1 aliphatic rings. The summed E-state index contributed by atoms with van der Waals surface area (Å²) >= 11 is 0. The number of piperazine rings is 1. The largest absolute Gasteiger partial charge is 0.373 e. The van der Waals surface area contributed by atoms with Crippen molar-refractivity contribution in [3.05, 3.63) is 22.2 Å². The highest BCUT2D eigenvalue weighted by molar-refractivity contribution is 5.62. The Kier molecular flexibility index (Phi) is 4.16. The number of nitro groups is 1. The normalized spacial score (nSPS) is 16.4. The fraction of sp³-hybridized carbons (Fsp3) is 0.583. The van der Waals surface area contributed by atoms with Gasteiger partial charge in [-0.15, -0.1) is 0 Å². The molecule has 0 spiro atoms. The summed E-state index contributed by atoms with van der Waals surface area (Å²) in [5.41, 5.74) is 0.0731. The van der Waals surface area contributed by atoms with Crippen LogP contribution in [0.2, 0.25) is 0 Å². The Morgan fingerprint density at radius 2 is 2.05 bits per heavy atom. The molecule has 1 aromatic rings. The van der Waals surface area contributed by atoms with E-state index in [0.717, 1.165) is 32.7 Å². The van der Waals surface area contributed by atoms with Crippen molar-refractivity contribution in [2.45, 2.75) is 6.92 Å². The molecule has 19 heavy (non-hydrogen) atoms. The molecule has 1 aliphatic heterocycles. The van der Waals surface area contributed by atoms with Crippen molar-refractivity contribution in [1.29, 1.82) is 0 Å². The smallest absolute Gasteiger partial charge is 0.311 e. The van der Waals surface area contributed by atoms with Gasteiger partial charge in [-0.2, -0.15) is 0 Å². The minimum absolute atomic E-state index is 0.0731. The van der Waals surface area contributed by atoms with Gasteiger partial charge in [0.1, 0.15) is 5.82 Å². The predicted octanol–water partition coefficient (Wildman–Crippen LogP) is 1.17. The number of anilines is 2. The molecule has 0 atom stereocenters. The summed E-state index contributed by atoms with van der Waals surface area (Å²) < 4.78 is 0. The van der Waals surface area contributed by atoms with Gasteiger partial charge in [0.2, 0.25) is 5.82 Å². The molecule has 1 fully saturated rings. The molecule has 0 aliphatic carbocycles. The van der Waals surface area contributed by atoms with Crippen LogP contribution >= 0.6 is 0 Å².